The lowest BCUT2D eigenvalue weighted by atomic mass is 10.0. The molecule has 0 saturated carbocycles. The summed E-state index contributed by atoms with van der Waals surface area (Å²) < 4.78 is 6.03. The van der Waals surface area contributed by atoms with Crippen LogP contribution in [0.3, 0.4) is 0 Å². The first-order chi connectivity index (χ1) is 12.9. The van der Waals surface area contributed by atoms with Gasteiger partial charge in [0.15, 0.2) is 0 Å². The maximum absolute atomic E-state index is 13.2. The highest BCUT2D eigenvalue weighted by molar-refractivity contribution is 9.10. The van der Waals surface area contributed by atoms with E-state index in [-0.39, 0.29) is 18.1 Å². The Hall–Kier alpha value is -2.37. The summed E-state index contributed by atoms with van der Waals surface area (Å²) in [4.78, 5) is 27.3. The molecule has 4 nitrogen and oxygen atoms in total. The molecular formula is C21H17BrClNO3. The number of hydrogen-bond donors (Lipinski definition) is 0. The molecule has 0 spiro atoms. The molecule has 3 rings (SSSR count). The second-order valence-corrected chi connectivity index (χ2v) is 7.17. The third-order valence-corrected chi connectivity index (χ3v) is 5.14. The van der Waals surface area contributed by atoms with Crippen molar-refractivity contribution in [1.29, 1.82) is 0 Å². The van der Waals surface area contributed by atoms with Crippen LogP contribution in [0.4, 0.5) is 5.69 Å². The van der Waals surface area contributed by atoms with Crippen LogP contribution in [0.15, 0.2) is 69.8 Å². The zero-order chi connectivity index (χ0) is 19.6. The molecule has 1 aliphatic heterocycles. The lowest BCUT2D eigenvalue weighted by molar-refractivity contribution is -0.138. The van der Waals surface area contributed by atoms with Crippen molar-refractivity contribution in [3.05, 3.63) is 80.4 Å². The summed E-state index contributed by atoms with van der Waals surface area (Å²) >= 11 is 9.44. The van der Waals surface area contributed by atoms with E-state index in [0.717, 1.165) is 10.0 Å². The number of carbonyl (C=O) groups is 2. The smallest absolute Gasteiger partial charge is 0.340 e. The van der Waals surface area contributed by atoms with Gasteiger partial charge in [-0.25, -0.2) is 4.79 Å². The Morgan fingerprint density at radius 2 is 1.85 bits per heavy atom. The van der Waals surface area contributed by atoms with Crippen LogP contribution >= 0.6 is 27.5 Å². The van der Waals surface area contributed by atoms with Gasteiger partial charge < -0.3 is 4.74 Å². The van der Waals surface area contributed by atoms with Crippen LogP contribution in [0.2, 0.25) is 5.02 Å². The number of rotatable bonds is 4. The Balaban J connectivity index is 2.14. The number of carbonyl (C=O) groups excluding carboxylic acids is 2. The van der Waals surface area contributed by atoms with Crippen molar-refractivity contribution < 1.29 is 14.3 Å². The summed E-state index contributed by atoms with van der Waals surface area (Å²) in [7, 11) is 0. The zero-order valence-corrected chi connectivity index (χ0v) is 17.2. The van der Waals surface area contributed by atoms with Crippen molar-refractivity contribution in [2.45, 2.75) is 13.8 Å². The monoisotopic (exact) mass is 445 g/mol. The maximum atomic E-state index is 13.2. The largest absolute Gasteiger partial charge is 0.462 e. The Morgan fingerprint density at radius 3 is 2.48 bits per heavy atom. The van der Waals surface area contributed by atoms with Gasteiger partial charge in [0.1, 0.15) is 0 Å². The fraction of sp³-hybridized carbons (Fsp3) is 0.143. The third-order valence-electron chi connectivity index (χ3n) is 4.17. The van der Waals surface area contributed by atoms with E-state index in [1.54, 1.807) is 44.2 Å². The number of nitrogens with zero attached hydrogens (tertiary/aromatic N) is 1. The van der Waals surface area contributed by atoms with Gasteiger partial charge in [0.2, 0.25) is 0 Å². The first kappa shape index (κ1) is 19.4. The van der Waals surface area contributed by atoms with Crippen LogP contribution in [0.25, 0.3) is 6.08 Å². The van der Waals surface area contributed by atoms with Gasteiger partial charge in [-0.05, 0) is 55.8 Å². The molecule has 0 atom stereocenters. The number of amides is 1. The van der Waals surface area contributed by atoms with E-state index in [2.05, 4.69) is 15.9 Å². The predicted molar refractivity (Wildman–Crippen MR) is 110 cm³/mol. The molecule has 0 saturated heterocycles. The highest BCUT2D eigenvalue weighted by Crippen LogP contribution is 2.36. The van der Waals surface area contributed by atoms with E-state index in [1.165, 1.54) is 4.90 Å². The normalized spacial score (nSPS) is 15.6. The second-order valence-electron chi connectivity index (χ2n) is 5.88. The van der Waals surface area contributed by atoms with Crippen LogP contribution in [-0.2, 0) is 14.3 Å². The van der Waals surface area contributed by atoms with E-state index < -0.39 is 5.97 Å². The predicted octanol–water partition coefficient (Wildman–Crippen LogP) is 5.37. The Kier molecular flexibility index (Phi) is 5.82. The summed E-state index contributed by atoms with van der Waals surface area (Å²) in [5.41, 5.74) is 2.53. The standard InChI is InChI=1S/C21H17BrClNO3/c1-3-27-21(26)19-13(2)24(16-10-8-15(23)9-11-16)20(25)17(19)12-14-6-4-5-7-18(14)22/h4-12H,3H2,1-2H3/b17-12-. The van der Waals surface area contributed by atoms with Gasteiger partial charge in [-0.2, -0.15) is 0 Å². The molecule has 0 N–H and O–H groups in total. The van der Waals surface area contributed by atoms with Crippen molar-refractivity contribution in [3.63, 3.8) is 0 Å². The number of allylic oxidation sites excluding steroid dienone is 1. The molecule has 1 heterocycles. The van der Waals surface area contributed by atoms with Gasteiger partial charge in [-0.3, -0.25) is 9.69 Å². The summed E-state index contributed by atoms with van der Waals surface area (Å²) in [6, 6.07) is 14.4. The Bertz CT molecular complexity index is 964. The van der Waals surface area contributed by atoms with Gasteiger partial charge in [0.05, 0.1) is 17.8 Å². The van der Waals surface area contributed by atoms with Gasteiger partial charge in [-0.15, -0.1) is 0 Å². The highest BCUT2D eigenvalue weighted by Gasteiger charge is 2.38. The minimum atomic E-state index is -0.516. The van der Waals surface area contributed by atoms with Gasteiger partial charge in [-0.1, -0.05) is 45.7 Å². The lowest BCUT2D eigenvalue weighted by Gasteiger charge is -2.18. The highest BCUT2D eigenvalue weighted by atomic mass is 79.9. The van der Waals surface area contributed by atoms with Crippen LogP contribution in [0.5, 0.6) is 0 Å². The molecule has 6 heteroatoms. The SMILES string of the molecule is CCOC(=O)C1=C(C)N(c2ccc(Cl)cc2)C(=O)/C1=C\c1ccccc1Br. The number of esters is 1. The van der Waals surface area contributed by atoms with Crippen molar-refractivity contribution >= 4 is 51.2 Å². The molecule has 2 aromatic carbocycles. The molecule has 27 heavy (non-hydrogen) atoms. The molecule has 1 amide bonds. The van der Waals surface area contributed by atoms with Gasteiger partial charge in [0.25, 0.3) is 5.91 Å². The number of ether oxygens (including phenoxy) is 1. The van der Waals surface area contributed by atoms with Crippen LogP contribution in [0.1, 0.15) is 19.4 Å². The lowest BCUT2D eigenvalue weighted by Crippen LogP contribution is -2.24. The maximum Gasteiger partial charge on any atom is 0.340 e. The molecular weight excluding hydrogens is 430 g/mol. The second kappa shape index (κ2) is 8.11. The van der Waals surface area contributed by atoms with Crippen molar-refractivity contribution in [1.82, 2.24) is 0 Å². The Morgan fingerprint density at radius 1 is 1.19 bits per heavy atom. The summed E-state index contributed by atoms with van der Waals surface area (Å²) in [5, 5.41) is 0.571. The molecule has 1 aliphatic rings. The minimum absolute atomic E-state index is 0.229. The van der Waals surface area contributed by atoms with E-state index in [1.807, 2.05) is 24.3 Å². The van der Waals surface area contributed by atoms with Gasteiger partial charge >= 0.3 is 5.97 Å². The molecule has 138 valence electrons. The first-order valence-electron chi connectivity index (χ1n) is 8.38. The van der Waals surface area contributed by atoms with E-state index >= 15 is 0 Å². The fourth-order valence-electron chi connectivity index (χ4n) is 2.93. The first-order valence-corrected chi connectivity index (χ1v) is 9.55. The quantitative estimate of drug-likeness (QED) is 0.468. The topological polar surface area (TPSA) is 46.6 Å². The average Bonchev–Trinajstić information content (AvgIpc) is 2.88. The molecule has 2 aromatic rings. The van der Waals surface area contributed by atoms with Crippen LogP contribution < -0.4 is 4.90 Å². The number of anilines is 1. The van der Waals surface area contributed by atoms with E-state index in [0.29, 0.717) is 22.0 Å². The van der Waals surface area contributed by atoms with Crippen molar-refractivity contribution in [3.8, 4) is 0 Å². The molecule has 0 unspecified atom stereocenters. The summed E-state index contributed by atoms with van der Waals surface area (Å²) in [6.45, 7) is 3.70. The van der Waals surface area contributed by atoms with E-state index in [4.69, 9.17) is 16.3 Å². The molecule has 0 radical (unpaired) electrons. The average molecular weight is 447 g/mol. The van der Waals surface area contributed by atoms with Gasteiger partial charge in [0, 0.05) is 20.9 Å². The molecule has 0 aliphatic carbocycles. The molecule has 0 aromatic heterocycles. The zero-order valence-electron chi connectivity index (χ0n) is 14.8. The van der Waals surface area contributed by atoms with Crippen molar-refractivity contribution in [2.24, 2.45) is 0 Å². The summed E-state index contributed by atoms with van der Waals surface area (Å²) in [6.07, 6.45) is 1.71. The number of halogens is 2. The van der Waals surface area contributed by atoms with Crippen LogP contribution in [-0.4, -0.2) is 18.5 Å². The van der Waals surface area contributed by atoms with E-state index in [9.17, 15) is 9.59 Å². The summed E-state index contributed by atoms with van der Waals surface area (Å²) in [5.74, 6) is -0.799. The van der Waals surface area contributed by atoms with Crippen molar-refractivity contribution in [2.75, 3.05) is 11.5 Å². The number of benzene rings is 2. The number of hydrogen-bond acceptors (Lipinski definition) is 3. The minimum Gasteiger partial charge on any atom is -0.462 e. The fourth-order valence-corrected chi connectivity index (χ4v) is 3.46. The van der Waals surface area contributed by atoms with Crippen LogP contribution in [0, 0.1) is 0 Å². The molecule has 0 fully saturated rings. The Labute approximate surface area is 171 Å². The third kappa shape index (κ3) is 3.84. The molecule has 0 bridgehead atoms.